The van der Waals surface area contributed by atoms with E-state index in [1.54, 1.807) is 0 Å². The molecule has 86 valence electrons. The first-order valence-corrected chi connectivity index (χ1v) is 5.35. The monoisotopic (exact) mass is 211 g/mol. The maximum Gasteiger partial charge on any atom is 0.246 e. The third-order valence-corrected chi connectivity index (χ3v) is 3.35. The second-order valence-electron chi connectivity index (χ2n) is 5.29. The molecule has 3 nitrogen and oxygen atoms in total. The van der Waals surface area contributed by atoms with Gasteiger partial charge in [-0.15, -0.1) is 0 Å². The molecule has 1 saturated heterocycles. The molecule has 1 aliphatic rings. The molecule has 0 spiro atoms. The largest absolute Gasteiger partial charge is 0.371 e. The number of carbonyl (C=O) groups excluding carboxylic acids is 1. The summed E-state index contributed by atoms with van der Waals surface area (Å²) in [5.41, 5.74) is -0.253. The molecule has 1 amide bonds. The lowest BCUT2D eigenvalue weighted by Crippen LogP contribution is -2.57. The summed E-state index contributed by atoms with van der Waals surface area (Å²) in [4.78, 5) is 13.3. The first-order chi connectivity index (χ1) is 6.80. The zero-order valence-electron chi connectivity index (χ0n) is 10.2. The quantitative estimate of drug-likeness (QED) is 0.619. The number of ether oxygens (including phenoxy) is 1. The van der Waals surface area contributed by atoms with Crippen LogP contribution in [0.2, 0.25) is 0 Å². The molecule has 0 radical (unpaired) electrons. The summed E-state index contributed by atoms with van der Waals surface area (Å²) in [6.45, 7) is 13.9. The SMILES string of the molecule is C=CC(=O)N1CCOC(C)(C(C)(C)C)C1. The molecule has 1 aliphatic heterocycles. The topological polar surface area (TPSA) is 29.5 Å². The summed E-state index contributed by atoms with van der Waals surface area (Å²) in [5, 5.41) is 0. The van der Waals surface area contributed by atoms with Crippen LogP contribution in [0.25, 0.3) is 0 Å². The van der Waals surface area contributed by atoms with E-state index in [2.05, 4.69) is 34.3 Å². The van der Waals surface area contributed by atoms with Crippen LogP contribution in [0.4, 0.5) is 0 Å². The van der Waals surface area contributed by atoms with Gasteiger partial charge >= 0.3 is 0 Å². The third kappa shape index (κ3) is 2.40. The lowest BCUT2D eigenvalue weighted by Gasteiger charge is -2.48. The number of hydrogen-bond acceptors (Lipinski definition) is 2. The number of carbonyl (C=O) groups is 1. The Morgan fingerprint density at radius 2 is 2.13 bits per heavy atom. The molecule has 1 unspecified atom stereocenters. The van der Waals surface area contributed by atoms with Gasteiger partial charge in [0.25, 0.3) is 0 Å². The number of hydrogen-bond donors (Lipinski definition) is 0. The van der Waals surface area contributed by atoms with E-state index in [4.69, 9.17) is 4.74 Å². The molecule has 1 heterocycles. The van der Waals surface area contributed by atoms with E-state index in [1.165, 1.54) is 6.08 Å². The Balaban J connectivity index is 2.79. The standard InChI is InChI=1S/C12H21NO2/c1-6-10(14)13-7-8-15-12(5,9-13)11(2,3)4/h6H,1,7-9H2,2-5H3. The summed E-state index contributed by atoms with van der Waals surface area (Å²) in [7, 11) is 0. The second kappa shape index (κ2) is 3.97. The van der Waals surface area contributed by atoms with Crippen LogP contribution in [0.5, 0.6) is 0 Å². The summed E-state index contributed by atoms with van der Waals surface area (Å²) in [5.74, 6) is -0.00576. The molecule has 0 aromatic rings. The van der Waals surface area contributed by atoms with Crippen molar-refractivity contribution in [1.82, 2.24) is 4.90 Å². The fourth-order valence-corrected chi connectivity index (χ4v) is 1.64. The Bertz CT molecular complexity index is 267. The summed E-state index contributed by atoms with van der Waals surface area (Å²) < 4.78 is 5.83. The Hall–Kier alpha value is -0.830. The zero-order chi connectivity index (χ0) is 11.7. The fraction of sp³-hybridized carbons (Fsp3) is 0.750. The van der Waals surface area contributed by atoms with Gasteiger partial charge in [0, 0.05) is 6.54 Å². The Labute approximate surface area is 92.1 Å². The molecule has 0 saturated carbocycles. The highest BCUT2D eigenvalue weighted by Gasteiger charge is 2.43. The zero-order valence-corrected chi connectivity index (χ0v) is 10.2. The average molecular weight is 211 g/mol. The van der Waals surface area contributed by atoms with Gasteiger partial charge in [-0.25, -0.2) is 0 Å². The lowest BCUT2D eigenvalue weighted by atomic mass is 9.76. The van der Waals surface area contributed by atoms with Crippen LogP contribution >= 0.6 is 0 Å². The molecule has 0 aromatic carbocycles. The first-order valence-electron chi connectivity index (χ1n) is 5.35. The molecule has 1 rings (SSSR count). The van der Waals surface area contributed by atoms with Crippen molar-refractivity contribution >= 4 is 5.91 Å². The smallest absolute Gasteiger partial charge is 0.246 e. The van der Waals surface area contributed by atoms with Crippen molar-refractivity contribution in [2.45, 2.75) is 33.3 Å². The van der Waals surface area contributed by atoms with E-state index in [-0.39, 0.29) is 16.9 Å². The fourth-order valence-electron chi connectivity index (χ4n) is 1.64. The number of amides is 1. The number of nitrogens with zero attached hydrogens (tertiary/aromatic N) is 1. The van der Waals surface area contributed by atoms with Crippen molar-refractivity contribution in [3.05, 3.63) is 12.7 Å². The van der Waals surface area contributed by atoms with E-state index in [1.807, 2.05) is 4.90 Å². The maximum atomic E-state index is 11.5. The van der Waals surface area contributed by atoms with Crippen LogP contribution in [0.3, 0.4) is 0 Å². The van der Waals surface area contributed by atoms with Crippen molar-refractivity contribution in [3.63, 3.8) is 0 Å². The van der Waals surface area contributed by atoms with E-state index < -0.39 is 0 Å². The lowest BCUT2D eigenvalue weighted by molar-refractivity contribution is -0.165. The predicted molar refractivity (Wildman–Crippen MR) is 60.6 cm³/mol. The molecule has 0 N–H and O–H groups in total. The van der Waals surface area contributed by atoms with Gasteiger partial charge in [0.2, 0.25) is 5.91 Å². The van der Waals surface area contributed by atoms with Gasteiger partial charge in [-0.05, 0) is 18.4 Å². The highest BCUT2D eigenvalue weighted by Crippen LogP contribution is 2.36. The van der Waals surface area contributed by atoms with E-state index in [9.17, 15) is 4.79 Å². The van der Waals surface area contributed by atoms with Gasteiger partial charge in [-0.3, -0.25) is 4.79 Å². The molecular weight excluding hydrogens is 190 g/mol. The minimum Gasteiger partial charge on any atom is -0.371 e. The molecule has 15 heavy (non-hydrogen) atoms. The normalized spacial score (nSPS) is 27.6. The Kier molecular flexibility index (Phi) is 3.24. The Morgan fingerprint density at radius 1 is 1.53 bits per heavy atom. The van der Waals surface area contributed by atoms with Gasteiger partial charge in [-0.2, -0.15) is 0 Å². The van der Waals surface area contributed by atoms with E-state index >= 15 is 0 Å². The van der Waals surface area contributed by atoms with Crippen molar-refractivity contribution in [1.29, 1.82) is 0 Å². The first kappa shape index (κ1) is 12.2. The third-order valence-electron chi connectivity index (χ3n) is 3.35. The van der Waals surface area contributed by atoms with Crippen molar-refractivity contribution in [2.75, 3.05) is 19.7 Å². The number of morpholine rings is 1. The second-order valence-corrected chi connectivity index (χ2v) is 5.29. The van der Waals surface area contributed by atoms with Crippen LogP contribution in [-0.2, 0) is 9.53 Å². The average Bonchev–Trinajstić information content (AvgIpc) is 2.15. The molecular formula is C12H21NO2. The minimum absolute atomic E-state index is 0.00576. The van der Waals surface area contributed by atoms with E-state index in [0.29, 0.717) is 19.7 Å². The minimum atomic E-state index is -0.274. The van der Waals surface area contributed by atoms with Gasteiger partial charge in [0.1, 0.15) is 0 Å². The molecule has 1 fully saturated rings. The Morgan fingerprint density at radius 3 is 2.60 bits per heavy atom. The van der Waals surface area contributed by atoms with E-state index in [0.717, 1.165) is 0 Å². The van der Waals surface area contributed by atoms with Crippen LogP contribution in [-0.4, -0.2) is 36.1 Å². The summed E-state index contributed by atoms with van der Waals surface area (Å²) >= 11 is 0. The van der Waals surface area contributed by atoms with Crippen LogP contribution in [0.15, 0.2) is 12.7 Å². The highest BCUT2D eigenvalue weighted by molar-refractivity contribution is 5.87. The van der Waals surface area contributed by atoms with Gasteiger partial charge in [-0.1, -0.05) is 27.4 Å². The molecule has 1 atom stereocenters. The summed E-state index contributed by atoms with van der Waals surface area (Å²) in [6.07, 6.45) is 1.37. The predicted octanol–water partition coefficient (Wildman–Crippen LogP) is 1.84. The van der Waals surface area contributed by atoms with Crippen molar-refractivity contribution < 1.29 is 9.53 Å². The molecule has 0 aliphatic carbocycles. The van der Waals surface area contributed by atoms with Crippen LogP contribution in [0, 0.1) is 5.41 Å². The van der Waals surface area contributed by atoms with Crippen molar-refractivity contribution in [3.8, 4) is 0 Å². The molecule has 0 aromatic heterocycles. The van der Waals surface area contributed by atoms with Gasteiger partial charge in [0.15, 0.2) is 0 Å². The van der Waals surface area contributed by atoms with Crippen LogP contribution in [0.1, 0.15) is 27.7 Å². The summed E-state index contributed by atoms with van der Waals surface area (Å²) in [6, 6.07) is 0. The van der Waals surface area contributed by atoms with Crippen molar-refractivity contribution in [2.24, 2.45) is 5.41 Å². The maximum absolute atomic E-state index is 11.5. The van der Waals surface area contributed by atoms with Gasteiger partial charge in [0.05, 0.1) is 18.8 Å². The number of rotatable bonds is 1. The molecule has 0 bridgehead atoms. The highest BCUT2D eigenvalue weighted by atomic mass is 16.5. The van der Waals surface area contributed by atoms with Crippen LogP contribution < -0.4 is 0 Å². The molecule has 3 heteroatoms. The van der Waals surface area contributed by atoms with Gasteiger partial charge < -0.3 is 9.64 Å².